The van der Waals surface area contributed by atoms with Crippen LogP contribution in [0.1, 0.15) is 51.7 Å². The van der Waals surface area contributed by atoms with Gasteiger partial charge in [0.25, 0.3) is 0 Å². The Hall–Kier alpha value is -2.95. The first-order valence-corrected chi connectivity index (χ1v) is 14.5. The minimum absolute atomic E-state index is 0.135. The molecule has 0 heterocycles. The van der Waals surface area contributed by atoms with Gasteiger partial charge in [-0.25, -0.2) is 13.1 Å². The van der Waals surface area contributed by atoms with Crippen molar-refractivity contribution in [1.82, 2.24) is 14.9 Å². The van der Waals surface area contributed by atoms with E-state index in [1.54, 1.807) is 38.0 Å². The van der Waals surface area contributed by atoms with Gasteiger partial charge >= 0.3 is 0 Å². The molecule has 0 aliphatic heterocycles. The number of aryl methyl sites for hydroxylation is 1. The smallest absolute Gasteiger partial charge is 0.242 e. The van der Waals surface area contributed by atoms with Gasteiger partial charge in [0.1, 0.15) is 11.8 Å². The van der Waals surface area contributed by atoms with E-state index >= 15 is 0 Å². The van der Waals surface area contributed by atoms with E-state index in [9.17, 15) is 18.0 Å². The highest BCUT2D eigenvalue weighted by Crippen LogP contribution is 2.17. The average molecular weight is 548 g/mol. The van der Waals surface area contributed by atoms with Gasteiger partial charge < -0.3 is 19.7 Å². The molecule has 2 aromatic rings. The lowest BCUT2D eigenvalue weighted by Gasteiger charge is -2.29. The maximum absolute atomic E-state index is 13.3. The number of benzene rings is 2. The Morgan fingerprint density at radius 3 is 2.18 bits per heavy atom. The minimum Gasteiger partial charge on any atom is -0.497 e. The summed E-state index contributed by atoms with van der Waals surface area (Å²) in [5, 5.41) is 2.90. The van der Waals surface area contributed by atoms with Crippen LogP contribution in [0.4, 0.5) is 0 Å². The molecule has 0 aliphatic rings. The van der Waals surface area contributed by atoms with Crippen molar-refractivity contribution in [2.45, 2.75) is 70.5 Å². The van der Waals surface area contributed by atoms with Crippen LogP contribution in [0, 0.1) is 0 Å². The predicted molar refractivity (Wildman–Crippen MR) is 147 cm³/mol. The number of hydrogen-bond acceptors (Lipinski definition) is 6. The Morgan fingerprint density at radius 1 is 0.974 bits per heavy atom. The Labute approximate surface area is 226 Å². The third kappa shape index (κ3) is 10.1. The number of hydrogen-bond donors (Lipinski definition) is 2. The van der Waals surface area contributed by atoms with Crippen molar-refractivity contribution in [3.05, 3.63) is 59.7 Å². The third-order valence-corrected chi connectivity index (χ3v) is 7.51. The first-order valence-electron chi connectivity index (χ1n) is 13.0. The maximum atomic E-state index is 13.3. The number of methoxy groups -OCH3 is 1. The lowest BCUT2D eigenvalue weighted by Crippen LogP contribution is -2.48. The Bertz CT molecular complexity index is 1120. The highest BCUT2D eigenvalue weighted by molar-refractivity contribution is 7.89. The summed E-state index contributed by atoms with van der Waals surface area (Å²) in [7, 11) is -1.95. The van der Waals surface area contributed by atoms with E-state index in [1.165, 1.54) is 12.1 Å². The summed E-state index contributed by atoms with van der Waals surface area (Å²) in [6.07, 6.45) is 1.41. The van der Waals surface area contributed by atoms with E-state index in [-0.39, 0.29) is 35.8 Å². The standard InChI is InChI=1S/C28H41N3O6S/c1-6-30-38(34,35)26-15-10-23(11-16-26)12-17-27(32)31(20-24-8-13-25(36-5)14-9-24)22(4)28(33)29-18-7-19-37-21(2)3/h8-11,13-16,21-22,30H,6-7,12,17-20H2,1-5H3,(H,29,33)/t22-/m1/s1. The van der Waals surface area contributed by atoms with Gasteiger partial charge in [-0.05, 0) is 69.0 Å². The van der Waals surface area contributed by atoms with Crippen molar-refractivity contribution in [2.75, 3.05) is 26.8 Å². The van der Waals surface area contributed by atoms with E-state index in [2.05, 4.69) is 10.0 Å². The molecule has 0 fully saturated rings. The first-order chi connectivity index (χ1) is 18.1. The molecule has 0 unspecified atom stereocenters. The quantitative estimate of drug-likeness (QED) is 0.312. The summed E-state index contributed by atoms with van der Waals surface area (Å²) in [5.74, 6) is 0.311. The van der Waals surface area contributed by atoms with E-state index in [0.717, 1.165) is 11.1 Å². The summed E-state index contributed by atoms with van der Waals surface area (Å²) in [6.45, 7) is 8.96. The van der Waals surface area contributed by atoms with Gasteiger partial charge in [0.2, 0.25) is 21.8 Å². The van der Waals surface area contributed by atoms with Crippen molar-refractivity contribution >= 4 is 21.8 Å². The molecule has 0 aliphatic carbocycles. The predicted octanol–water partition coefficient (Wildman–Crippen LogP) is 3.27. The Morgan fingerprint density at radius 2 is 1.61 bits per heavy atom. The van der Waals surface area contributed by atoms with Gasteiger partial charge in [-0.3, -0.25) is 9.59 Å². The fraction of sp³-hybridized carbons (Fsp3) is 0.500. The van der Waals surface area contributed by atoms with E-state index in [4.69, 9.17) is 9.47 Å². The van der Waals surface area contributed by atoms with Crippen LogP contribution in [0.5, 0.6) is 5.75 Å². The van der Waals surface area contributed by atoms with Gasteiger partial charge in [0.05, 0.1) is 18.1 Å². The second kappa shape index (κ2) is 15.5. The molecule has 0 radical (unpaired) electrons. The minimum atomic E-state index is -3.53. The average Bonchev–Trinajstić information content (AvgIpc) is 2.90. The molecule has 38 heavy (non-hydrogen) atoms. The summed E-state index contributed by atoms with van der Waals surface area (Å²) in [4.78, 5) is 28.0. The summed E-state index contributed by atoms with van der Waals surface area (Å²) >= 11 is 0. The molecule has 1 atom stereocenters. The molecule has 2 aromatic carbocycles. The van der Waals surface area contributed by atoms with E-state index < -0.39 is 16.1 Å². The second-order valence-electron chi connectivity index (χ2n) is 9.26. The zero-order valence-corrected chi connectivity index (χ0v) is 23.8. The molecule has 0 aromatic heterocycles. The SMILES string of the molecule is CCNS(=O)(=O)c1ccc(CCC(=O)N(Cc2ccc(OC)cc2)[C@H](C)C(=O)NCCCOC(C)C)cc1. The van der Waals surface area contributed by atoms with Gasteiger partial charge in [-0.2, -0.15) is 0 Å². The largest absolute Gasteiger partial charge is 0.497 e. The van der Waals surface area contributed by atoms with Crippen LogP contribution in [-0.2, 0) is 37.3 Å². The Balaban J connectivity index is 2.08. The van der Waals surface area contributed by atoms with Gasteiger partial charge in [0.15, 0.2) is 0 Å². The first kappa shape index (κ1) is 31.3. The number of nitrogens with one attached hydrogen (secondary N) is 2. The normalized spacial score (nSPS) is 12.3. The second-order valence-corrected chi connectivity index (χ2v) is 11.0. The molecular weight excluding hydrogens is 506 g/mol. The zero-order valence-electron chi connectivity index (χ0n) is 23.0. The number of ether oxygens (including phenoxy) is 2. The lowest BCUT2D eigenvalue weighted by atomic mass is 10.1. The number of carbonyl (C=O) groups is 2. The van der Waals surface area contributed by atoms with Crippen molar-refractivity contribution in [3.8, 4) is 5.75 Å². The number of rotatable bonds is 16. The number of nitrogens with zero attached hydrogens (tertiary/aromatic N) is 1. The molecule has 0 saturated heterocycles. The summed E-state index contributed by atoms with van der Waals surface area (Å²) < 4.78 is 37.5. The topological polar surface area (TPSA) is 114 Å². The van der Waals surface area contributed by atoms with Gasteiger partial charge in [0, 0.05) is 32.7 Å². The molecule has 10 heteroatoms. The monoisotopic (exact) mass is 547 g/mol. The molecule has 9 nitrogen and oxygen atoms in total. The fourth-order valence-electron chi connectivity index (χ4n) is 3.76. The van der Waals surface area contributed by atoms with Gasteiger partial charge in [-0.15, -0.1) is 0 Å². The van der Waals surface area contributed by atoms with Crippen molar-refractivity contribution in [3.63, 3.8) is 0 Å². The van der Waals surface area contributed by atoms with Crippen LogP contribution in [0.15, 0.2) is 53.4 Å². The molecule has 2 N–H and O–H groups in total. The van der Waals surface area contributed by atoms with Gasteiger partial charge in [-0.1, -0.05) is 31.2 Å². The molecular formula is C28H41N3O6S. The van der Waals surface area contributed by atoms with Crippen LogP contribution in [0.3, 0.4) is 0 Å². The Kier molecular flexibility index (Phi) is 12.7. The van der Waals surface area contributed by atoms with Crippen LogP contribution < -0.4 is 14.8 Å². The number of sulfonamides is 1. The van der Waals surface area contributed by atoms with Crippen LogP contribution in [0.25, 0.3) is 0 Å². The van der Waals surface area contributed by atoms with Crippen LogP contribution in [0.2, 0.25) is 0 Å². The highest BCUT2D eigenvalue weighted by atomic mass is 32.2. The van der Waals surface area contributed by atoms with E-state index in [1.807, 2.05) is 38.1 Å². The molecule has 2 amide bonds. The molecule has 0 spiro atoms. The summed E-state index contributed by atoms with van der Waals surface area (Å²) in [6, 6.07) is 13.2. The van der Waals surface area contributed by atoms with Crippen LogP contribution >= 0.6 is 0 Å². The number of carbonyl (C=O) groups excluding carboxylic acids is 2. The molecule has 210 valence electrons. The van der Waals surface area contributed by atoms with Crippen molar-refractivity contribution < 1.29 is 27.5 Å². The van der Waals surface area contributed by atoms with E-state index in [0.29, 0.717) is 38.3 Å². The molecule has 0 saturated carbocycles. The van der Waals surface area contributed by atoms with Crippen molar-refractivity contribution in [2.24, 2.45) is 0 Å². The lowest BCUT2D eigenvalue weighted by molar-refractivity contribution is -0.140. The third-order valence-electron chi connectivity index (χ3n) is 5.95. The van der Waals surface area contributed by atoms with Crippen LogP contribution in [-0.4, -0.2) is 64.1 Å². The zero-order chi connectivity index (χ0) is 28.1. The molecule has 2 rings (SSSR count). The number of amides is 2. The fourth-order valence-corrected chi connectivity index (χ4v) is 4.81. The van der Waals surface area contributed by atoms with Crippen molar-refractivity contribution in [1.29, 1.82) is 0 Å². The highest BCUT2D eigenvalue weighted by Gasteiger charge is 2.26. The molecule has 0 bridgehead atoms. The summed E-state index contributed by atoms with van der Waals surface area (Å²) in [5.41, 5.74) is 1.71. The maximum Gasteiger partial charge on any atom is 0.242 e.